The van der Waals surface area contributed by atoms with Crippen molar-refractivity contribution < 1.29 is 14.3 Å². The van der Waals surface area contributed by atoms with Gasteiger partial charge in [0.2, 0.25) is 0 Å². The van der Waals surface area contributed by atoms with Crippen LogP contribution in [0.2, 0.25) is 0 Å². The van der Waals surface area contributed by atoms with Crippen LogP contribution in [0.25, 0.3) is 0 Å². The van der Waals surface area contributed by atoms with Crippen LogP contribution in [0.1, 0.15) is 79.1 Å². The van der Waals surface area contributed by atoms with E-state index in [9.17, 15) is 9.59 Å². The molecular weight excluding hydrogens is 324 g/mol. The van der Waals surface area contributed by atoms with Gasteiger partial charge in [0.1, 0.15) is 6.10 Å². The van der Waals surface area contributed by atoms with Gasteiger partial charge in [-0.05, 0) is 86.5 Å². The van der Waals surface area contributed by atoms with E-state index in [1.165, 1.54) is 44.6 Å². The summed E-state index contributed by atoms with van der Waals surface area (Å²) >= 11 is 0. The molecule has 0 amide bonds. The SMILES string of the molecule is CC(=O)O[C@@H](C)[C@H]1CC[C@H]2[C@@H]3CCC4=CC(=O)CC[C@]4(C)[C@H]3CC[C@]12C. The topological polar surface area (TPSA) is 43.4 Å². The Balaban J connectivity index is 1.59. The third kappa shape index (κ3) is 2.60. The van der Waals surface area contributed by atoms with E-state index >= 15 is 0 Å². The third-order valence-electron chi connectivity index (χ3n) is 8.95. The third-order valence-corrected chi connectivity index (χ3v) is 8.95. The molecule has 0 saturated heterocycles. The average Bonchev–Trinajstić information content (AvgIpc) is 2.92. The minimum atomic E-state index is -0.148. The molecular formula is C23H34O3. The number of fused-ring (bicyclic) bond motifs is 5. The highest BCUT2D eigenvalue weighted by molar-refractivity contribution is 5.91. The van der Waals surface area contributed by atoms with E-state index in [1.807, 2.05) is 6.08 Å². The van der Waals surface area contributed by atoms with Crippen LogP contribution in [0.4, 0.5) is 0 Å². The number of hydrogen-bond donors (Lipinski definition) is 0. The zero-order valence-electron chi connectivity index (χ0n) is 16.8. The first-order valence-corrected chi connectivity index (χ1v) is 10.7. The van der Waals surface area contributed by atoms with E-state index < -0.39 is 0 Å². The molecule has 144 valence electrons. The summed E-state index contributed by atoms with van der Waals surface area (Å²) in [6, 6.07) is 0. The Labute approximate surface area is 157 Å². The van der Waals surface area contributed by atoms with Crippen molar-refractivity contribution in [3.05, 3.63) is 11.6 Å². The van der Waals surface area contributed by atoms with Crippen LogP contribution in [-0.4, -0.2) is 17.9 Å². The van der Waals surface area contributed by atoms with Gasteiger partial charge < -0.3 is 4.74 Å². The lowest BCUT2D eigenvalue weighted by Gasteiger charge is -2.58. The monoisotopic (exact) mass is 358 g/mol. The minimum absolute atomic E-state index is 0.0287. The van der Waals surface area contributed by atoms with Crippen LogP contribution in [0, 0.1) is 34.5 Å². The average molecular weight is 359 g/mol. The highest BCUT2D eigenvalue weighted by Crippen LogP contribution is 2.67. The van der Waals surface area contributed by atoms with Crippen molar-refractivity contribution in [1.82, 2.24) is 0 Å². The molecule has 0 bridgehead atoms. The van der Waals surface area contributed by atoms with Gasteiger partial charge in [0, 0.05) is 19.3 Å². The summed E-state index contributed by atoms with van der Waals surface area (Å²) in [7, 11) is 0. The molecule has 3 heteroatoms. The van der Waals surface area contributed by atoms with Crippen LogP contribution >= 0.6 is 0 Å². The van der Waals surface area contributed by atoms with Crippen LogP contribution < -0.4 is 0 Å². The minimum Gasteiger partial charge on any atom is -0.463 e. The molecule has 26 heavy (non-hydrogen) atoms. The summed E-state index contributed by atoms with van der Waals surface area (Å²) in [5.41, 5.74) is 2.00. The number of esters is 1. The van der Waals surface area contributed by atoms with Gasteiger partial charge in [0.25, 0.3) is 0 Å². The molecule has 3 saturated carbocycles. The maximum atomic E-state index is 11.9. The second-order valence-corrected chi connectivity index (χ2v) is 10.0. The standard InChI is InChI=1S/C23H34O3/c1-14(26-15(2)24)19-7-8-20-18-6-5-16-13-17(25)9-11-22(16,3)21(18)10-12-23(19,20)4/h13-14,18-21H,5-12H2,1-4H3/t14-,18-,19+,20-,21-,22-,23+/m0/s1. The Kier molecular flexibility index (Phi) is 4.36. The maximum absolute atomic E-state index is 11.9. The fourth-order valence-corrected chi connectivity index (χ4v) is 7.71. The summed E-state index contributed by atoms with van der Waals surface area (Å²) < 4.78 is 5.62. The van der Waals surface area contributed by atoms with Crippen molar-refractivity contribution >= 4 is 11.8 Å². The Morgan fingerprint density at radius 3 is 2.62 bits per heavy atom. The van der Waals surface area contributed by atoms with E-state index in [-0.39, 0.29) is 17.5 Å². The van der Waals surface area contributed by atoms with E-state index in [1.54, 1.807) is 0 Å². The molecule has 3 nitrogen and oxygen atoms in total. The van der Waals surface area contributed by atoms with Gasteiger partial charge in [-0.2, -0.15) is 0 Å². The first-order chi connectivity index (χ1) is 12.3. The van der Waals surface area contributed by atoms with Crippen LogP contribution in [0.3, 0.4) is 0 Å². The molecule has 0 aromatic heterocycles. The van der Waals surface area contributed by atoms with Crippen LogP contribution in [0.5, 0.6) is 0 Å². The Morgan fingerprint density at radius 1 is 1.12 bits per heavy atom. The molecule has 0 spiro atoms. The van der Waals surface area contributed by atoms with Gasteiger partial charge >= 0.3 is 5.97 Å². The number of rotatable bonds is 2. The molecule has 0 aromatic rings. The van der Waals surface area contributed by atoms with Crippen molar-refractivity contribution in [3.63, 3.8) is 0 Å². The van der Waals surface area contributed by atoms with Crippen LogP contribution in [0.15, 0.2) is 11.6 Å². The normalized spacial score (nSPS) is 45.8. The lowest BCUT2D eigenvalue weighted by molar-refractivity contribution is -0.152. The molecule has 0 N–H and O–H groups in total. The first kappa shape index (κ1) is 18.3. The maximum Gasteiger partial charge on any atom is 0.302 e. The summed E-state index contributed by atoms with van der Waals surface area (Å²) in [6.45, 7) is 8.55. The van der Waals surface area contributed by atoms with E-state index in [4.69, 9.17) is 4.74 Å². The van der Waals surface area contributed by atoms with E-state index in [0.29, 0.717) is 17.1 Å². The van der Waals surface area contributed by atoms with Gasteiger partial charge in [-0.3, -0.25) is 9.59 Å². The Hall–Kier alpha value is -1.12. The van der Waals surface area contributed by atoms with Gasteiger partial charge in [-0.15, -0.1) is 0 Å². The van der Waals surface area contributed by atoms with Gasteiger partial charge in [0.05, 0.1) is 0 Å². The van der Waals surface area contributed by atoms with Crippen molar-refractivity contribution in [2.24, 2.45) is 34.5 Å². The molecule has 0 aromatic carbocycles. The molecule has 0 unspecified atom stereocenters. The predicted molar refractivity (Wildman–Crippen MR) is 101 cm³/mol. The largest absolute Gasteiger partial charge is 0.463 e. The van der Waals surface area contributed by atoms with Gasteiger partial charge in [-0.1, -0.05) is 19.4 Å². The number of carbonyl (C=O) groups excluding carboxylic acids is 2. The highest BCUT2D eigenvalue weighted by atomic mass is 16.5. The lowest BCUT2D eigenvalue weighted by Crippen LogP contribution is -2.51. The second kappa shape index (κ2) is 6.21. The first-order valence-electron chi connectivity index (χ1n) is 10.7. The molecule has 0 aliphatic heterocycles. The Bertz CT molecular complexity index is 650. The van der Waals surface area contributed by atoms with Crippen molar-refractivity contribution in [2.45, 2.75) is 85.2 Å². The second-order valence-electron chi connectivity index (χ2n) is 10.0. The fourth-order valence-electron chi connectivity index (χ4n) is 7.71. The highest BCUT2D eigenvalue weighted by Gasteiger charge is 2.59. The molecule has 0 heterocycles. The quantitative estimate of drug-likeness (QED) is 0.646. The van der Waals surface area contributed by atoms with Gasteiger partial charge in [0.15, 0.2) is 5.78 Å². The summed E-state index contributed by atoms with van der Waals surface area (Å²) in [4.78, 5) is 23.4. The fraction of sp³-hybridized carbons (Fsp3) is 0.826. The summed E-state index contributed by atoms with van der Waals surface area (Å²) in [5, 5.41) is 0. The van der Waals surface area contributed by atoms with Gasteiger partial charge in [-0.25, -0.2) is 0 Å². The zero-order valence-corrected chi connectivity index (χ0v) is 16.8. The number of allylic oxidation sites excluding steroid dienone is 1. The predicted octanol–water partition coefficient (Wildman–Crippen LogP) is 5.09. The number of hydrogen-bond acceptors (Lipinski definition) is 3. The van der Waals surface area contributed by atoms with E-state index in [0.717, 1.165) is 37.0 Å². The Morgan fingerprint density at radius 2 is 1.88 bits per heavy atom. The van der Waals surface area contributed by atoms with Crippen molar-refractivity contribution in [3.8, 4) is 0 Å². The zero-order chi connectivity index (χ0) is 18.7. The number of ether oxygens (including phenoxy) is 1. The molecule has 4 aliphatic rings. The lowest BCUT2D eigenvalue weighted by atomic mass is 9.46. The smallest absolute Gasteiger partial charge is 0.302 e. The number of carbonyl (C=O) groups is 2. The van der Waals surface area contributed by atoms with Crippen LogP contribution in [-0.2, 0) is 14.3 Å². The molecule has 3 fully saturated rings. The number of ketones is 1. The molecule has 0 radical (unpaired) electrons. The molecule has 7 atom stereocenters. The summed E-state index contributed by atoms with van der Waals surface area (Å²) in [5.74, 6) is 2.95. The van der Waals surface area contributed by atoms with E-state index in [2.05, 4.69) is 20.8 Å². The van der Waals surface area contributed by atoms with Crippen molar-refractivity contribution in [2.75, 3.05) is 0 Å². The molecule has 4 rings (SSSR count). The summed E-state index contributed by atoms with van der Waals surface area (Å²) in [6.07, 6.45) is 11.1. The van der Waals surface area contributed by atoms with Crippen molar-refractivity contribution in [1.29, 1.82) is 0 Å². The molecule has 4 aliphatic carbocycles.